The number of ether oxygens (including phenoxy) is 1. The first kappa shape index (κ1) is 14.9. The highest BCUT2D eigenvalue weighted by Crippen LogP contribution is 2.12. The third-order valence-electron chi connectivity index (χ3n) is 2.62. The largest absolute Gasteiger partial charge is 0.463 e. The maximum atomic E-state index is 11.1. The minimum atomic E-state index is -0.324. The third-order valence-corrected chi connectivity index (χ3v) is 2.62. The number of hydrogen-bond acceptors (Lipinski definition) is 4. The van der Waals surface area contributed by atoms with Crippen molar-refractivity contribution >= 4 is 5.97 Å². The van der Waals surface area contributed by atoms with Gasteiger partial charge in [0.05, 0.1) is 18.2 Å². The lowest BCUT2D eigenvalue weighted by Gasteiger charge is -2.12. The Balaban J connectivity index is 2.40. The summed E-state index contributed by atoms with van der Waals surface area (Å²) in [5, 5.41) is 12.0. The molecule has 0 fully saturated rings. The van der Waals surface area contributed by atoms with Gasteiger partial charge in [0, 0.05) is 18.7 Å². The van der Waals surface area contributed by atoms with Crippen LogP contribution < -0.4 is 5.32 Å². The van der Waals surface area contributed by atoms with E-state index < -0.39 is 0 Å². The first-order chi connectivity index (χ1) is 9.17. The van der Waals surface area contributed by atoms with Crippen LogP contribution >= 0.6 is 0 Å². The van der Waals surface area contributed by atoms with Crippen molar-refractivity contribution in [1.29, 1.82) is 5.26 Å². The summed E-state index contributed by atoms with van der Waals surface area (Å²) in [6.45, 7) is 4.77. The van der Waals surface area contributed by atoms with Gasteiger partial charge in [0.25, 0.3) is 0 Å². The summed E-state index contributed by atoms with van der Waals surface area (Å²) in [4.78, 5) is 11.1. The molecule has 1 rings (SSSR count). The lowest BCUT2D eigenvalue weighted by atomic mass is 10.1. The fraction of sp³-hybridized carbons (Fsp3) is 0.333. The number of esters is 1. The Labute approximate surface area is 113 Å². The van der Waals surface area contributed by atoms with E-state index in [1.165, 1.54) is 6.08 Å². The lowest BCUT2D eigenvalue weighted by Crippen LogP contribution is -2.18. The van der Waals surface area contributed by atoms with Gasteiger partial charge in [-0.3, -0.25) is 0 Å². The predicted molar refractivity (Wildman–Crippen MR) is 73.3 cm³/mol. The van der Waals surface area contributed by atoms with E-state index in [-0.39, 0.29) is 12.0 Å². The van der Waals surface area contributed by atoms with Crippen LogP contribution in [0.25, 0.3) is 0 Å². The minimum absolute atomic E-state index is 0.152. The Hall–Kier alpha value is -2.12. The minimum Gasteiger partial charge on any atom is -0.463 e. The van der Waals surface area contributed by atoms with Crippen molar-refractivity contribution in [2.45, 2.75) is 19.9 Å². The zero-order valence-electron chi connectivity index (χ0n) is 11.2. The second kappa shape index (κ2) is 8.06. The van der Waals surface area contributed by atoms with Crippen molar-refractivity contribution in [3.63, 3.8) is 0 Å². The van der Waals surface area contributed by atoms with Gasteiger partial charge in [-0.2, -0.15) is 5.26 Å². The molecule has 0 spiro atoms. The molecule has 4 heteroatoms. The Morgan fingerprint density at radius 1 is 1.47 bits per heavy atom. The molecule has 0 aromatic heterocycles. The molecule has 0 saturated carbocycles. The quantitative estimate of drug-likeness (QED) is 0.628. The summed E-state index contributed by atoms with van der Waals surface area (Å²) < 4.78 is 4.77. The molecule has 1 aromatic carbocycles. The standard InChI is InChI=1S/C15H18N2O2/c1-3-19-15(18)5-4-10-17-12(2)14-8-6-13(11-16)7-9-14/h4-9,12,17H,3,10H2,1-2H3/b5-4+. The van der Waals surface area contributed by atoms with Crippen molar-refractivity contribution in [2.75, 3.05) is 13.2 Å². The predicted octanol–water partition coefficient (Wildman–Crippen LogP) is 2.33. The van der Waals surface area contributed by atoms with Crippen molar-refractivity contribution in [3.8, 4) is 6.07 Å². The first-order valence-electron chi connectivity index (χ1n) is 6.24. The number of nitriles is 1. The van der Waals surface area contributed by atoms with E-state index in [1.54, 1.807) is 25.1 Å². The Morgan fingerprint density at radius 3 is 2.74 bits per heavy atom. The van der Waals surface area contributed by atoms with Crippen LogP contribution in [-0.2, 0) is 9.53 Å². The number of benzene rings is 1. The number of carbonyl (C=O) groups is 1. The maximum Gasteiger partial charge on any atom is 0.330 e. The summed E-state index contributed by atoms with van der Waals surface area (Å²) in [6.07, 6.45) is 3.15. The highest BCUT2D eigenvalue weighted by atomic mass is 16.5. The molecule has 1 aromatic rings. The van der Waals surface area contributed by atoms with Crippen LogP contribution in [0.3, 0.4) is 0 Å². The molecule has 0 aliphatic carbocycles. The van der Waals surface area contributed by atoms with Gasteiger partial charge in [-0.1, -0.05) is 18.2 Å². The van der Waals surface area contributed by atoms with Crippen LogP contribution in [0.4, 0.5) is 0 Å². The van der Waals surface area contributed by atoms with Crippen LogP contribution in [0.15, 0.2) is 36.4 Å². The first-order valence-corrected chi connectivity index (χ1v) is 6.24. The summed E-state index contributed by atoms with van der Waals surface area (Å²) in [5.41, 5.74) is 1.75. The van der Waals surface area contributed by atoms with Gasteiger partial charge in [-0.05, 0) is 31.5 Å². The normalized spacial score (nSPS) is 12.1. The van der Waals surface area contributed by atoms with Gasteiger partial charge in [0.1, 0.15) is 0 Å². The number of carbonyl (C=O) groups excluding carboxylic acids is 1. The number of rotatable bonds is 6. The molecule has 1 N–H and O–H groups in total. The molecule has 19 heavy (non-hydrogen) atoms. The van der Waals surface area contributed by atoms with Gasteiger partial charge in [0.15, 0.2) is 0 Å². The summed E-state index contributed by atoms with van der Waals surface area (Å²) >= 11 is 0. The Kier molecular flexibility index (Phi) is 6.34. The molecular weight excluding hydrogens is 240 g/mol. The van der Waals surface area contributed by atoms with E-state index in [4.69, 9.17) is 10.00 Å². The second-order valence-electron chi connectivity index (χ2n) is 4.02. The smallest absolute Gasteiger partial charge is 0.330 e. The SMILES string of the molecule is CCOC(=O)/C=C/CNC(C)c1ccc(C#N)cc1. The molecule has 4 nitrogen and oxygen atoms in total. The van der Waals surface area contributed by atoms with Gasteiger partial charge in [-0.15, -0.1) is 0 Å². The van der Waals surface area contributed by atoms with Crippen molar-refractivity contribution in [2.24, 2.45) is 0 Å². The summed E-state index contributed by atoms with van der Waals surface area (Å²) in [5.74, 6) is -0.324. The average Bonchev–Trinajstić information content (AvgIpc) is 2.44. The summed E-state index contributed by atoms with van der Waals surface area (Å²) in [7, 11) is 0. The Bertz CT molecular complexity index is 472. The van der Waals surface area contributed by atoms with Crippen LogP contribution in [-0.4, -0.2) is 19.1 Å². The van der Waals surface area contributed by atoms with Crippen LogP contribution in [0.2, 0.25) is 0 Å². The topological polar surface area (TPSA) is 62.1 Å². The molecule has 0 bridgehead atoms. The van der Waals surface area contributed by atoms with Crippen molar-refractivity contribution in [1.82, 2.24) is 5.32 Å². The number of nitrogens with one attached hydrogen (secondary N) is 1. The van der Waals surface area contributed by atoms with E-state index >= 15 is 0 Å². The van der Waals surface area contributed by atoms with Crippen molar-refractivity contribution in [3.05, 3.63) is 47.5 Å². The molecule has 0 aliphatic rings. The highest BCUT2D eigenvalue weighted by molar-refractivity contribution is 5.81. The molecule has 1 atom stereocenters. The third kappa shape index (κ3) is 5.36. The zero-order valence-corrected chi connectivity index (χ0v) is 11.2. The monoisotopic (exact) mass is 258 g/mol. The van der Waals surface area contributed by atoms with Crippen LogP contribution in [0.1, 0.15) is 31.0 Å². The average molecular weight is 258 g/mol. The Morgan fingerprint density at radius 2 is 2.16 bits per heavy atom. The van der Waals surface area contributed by atoms with Gasteiger partial charge in [0.2, 0.25) is 0 Å². The van der Waals surface area contributed by atoms with E-state index in [0.717, 1.165) is 5.56 Å². The zero-order chi connectivity index (χ0) is 14.1. The molecular formula is C15H18N2O2. The van der Waals surface area contributed by atoms with Crippen LogP contribution in [0, 0.1) is 11.3 Å². The number of nitrogens with zero attached hydrogens (tertiary/aromatic N) is 1. The van der Waals surface area contributed by atoms with Gasteiger partial charge < -0.3 is 10.1 Å². The molecule has 0 saturated heterocycles. The molecule has 0 radical (unpaired) electrons. The fourth-order valence-corrected chi connectivity index (χ4v) is 1.55. The molecule has 0 aliphatic heterocycles. The van der Waals surface area contributed by atoms with E-state index in [0.29, 0.717) is 18.7 Å². The number of hydrogen-bond donors (Lipinski definition) is 1. The highest BCUT2D eigenvalue weighted by Gasteiger charge is 2.03. The fourth-order valence-electron chi connectivity index (χ4n) is 1.55. The molecule has 1 unspecified atom stereocenters. The summed E-state index contributed by atoms with van der Waals surface area (Å²) in [6, 6.07) is 9.67. The molecule has 0 heterocycles. The van der Waals surface area contributed by atoms with Gasteiger partial charge >= 0.3 is 5.97 Å². The van der Waals surface area contributed by atoms with E-state index in [9.17, 15) is 4.79 Å². The van der Waals surface area contributed by atoms with Gasteiger partial charge in [-0.25, -0.2) is 4.79 Å². The van der Waals surface area contributed by atoms with E-state index in [1.807, 2.05) is 19.1 Å². The van der Waals surface area contributed by atoms with E-state index in [2.05, 4.69) is 11.4 Å². The van der Waals surface area contributed by atoms with Crippen molar-refractivity contribution < 1.29 is 9.53 Å². The lowest BCUT2D eigenvalue weighted by molar-refractivity contribution is -0.137. The van der Waals surface area contributed by atoms with Crippen LogP contribution in [0.5, 0.6) is 0 Å². The molecule has 100 valence electrons. The maximum absolute atomic E-state index is 11.1. The molecule has 0 amide bonds. The second-order valence-corrected chi connectivity index (χ2v) is 4.02.